The van der Waals surface area contributed by atoms with Crippen molar-refractivity contribution in [3.63, 3.8) is 0 Å². The summed E-state index contributed by atoms with van der Waals surface area (Å²) in [5, 5.41) is 4.17. The molecule has 0 spiro atoms. The van der Waals surface area contributed by atoms with E-state index in [1.165, 1.54) is 6.42 Å². The summed E-state index contributed by atoms with van der Waals surface area (Å²) in [6, 6.07) is 6.07. The Morgan fingerprint density at radius 1 is 1.04 bits per heavy atom. The van der Waals surface area contributed by atoms with Crippen LogP contribution in [0.2, 0.25) is 0 Å². The molecule has 2 aromatic rings. The highest BCUT2D eigenvalue weighted by Gasteiger charge is 2.35. The zero-order valence-electron chi connectivity index (χ0n) is 15.4. The third-order valence-corrected chi connectivity index (χ3v) is 5.87. The SMILES string of the molecule is O=C(c1noc2c1CCCCC2)N1CCCC1c1ccc2c(c1)OCCO2. The molecular weight excluding hydrogens is 344 g/mol. The van der Waals surface area contributed by atoms with E-state index in [9.17, 15) is 4.79 Å². The second kappa shape index (κ2) is 6.91. The first kappa shape index (κ1) is 16.7. The van der Waals surface area contributed by atoms with E-state index in [4.69, 9.17) is 14.0 Å². The minimum Gasteiger partial charge on any atom is -0.486 e. The zero-order valence-corrected chi connectivity index (χ0v) is 15.4. The van der Waals surface area contributed by atoms with Crippen LogP contribution in [0.5, 0.6) is 11.5 Å². The van der Waals surface area contributed by atoms with Gasteiger partial charge in [0, 0.05) is 18.5 Å². The lowest BCUT2D eigenvalue weighted by Gasteiger charge is -2.26. The monoisotopic (exact) mass is 368 g/mol. The molecule has 0 bridgehead atoms. The number of fused-ring (bicyclic) bond motifs is 2. The molecule has 1 aromatic heterocycles. The van der Waals surface area contributed by atoms with Crippen LogP contribution in [0.15, 0.2) is 22.7 Å². The Morgan fingerprint density at radius 3 is 2.81 bits per heavy atom. The van der Waals surface area contributed by atoms with Crippen LogP contribution in [0.4, 0.5) is 0 Å². The van der Waals surface area contributed by atoms with Crippen molar-refractivity contribution >= 4 is 5.91 Å². The number of carbonyl (C=O) groups is 1. The van der Waals surface area contributed by atoms with Gasteiger partial charge in [-0.1, -0.05) is 17.6 Å². The van der Waals surface area contributed by atoms with Crippen molar-refractivity contribution in [2.45, 2.75) is 51.0 Å². The number of amides is 1. The van der Waals surface area contributed by atoms with E-state index in [0.717, 1.165) is 73.5 Å². The van der Waals surface area contributed by atoms with Crippen LogP contribution < -0.4 is 9.47 Å². The fraction of sp³-hybridized carbons (Fsp3) is 0.524. The van der Waals surface area contributed by atoms with Gasteiger partial charge < -0.3 is 18.9 Å². The third-order valence-electron chi connectivity index (χ3n) is 5.87. The number of aromatic nitrogens is 1. The zero-order chi connectivity index (χ0) is 18.2. The summed E-state index contributed by atoms with van der Waals surface area (Å²) >= 11 is 0. The van der Waals surface area contributed by atoms with Crippen LogP contribution in [0.1, 0.15) is 65.5 Å². The fourth-order valence-corrected chi connectivity index (χ4v) is 4.49. The number of nitrogens with zero attached hydrogens (tertiary/aromatic N) is 2. The number of rotatable bonds is 2. The van der Waals surface area contributed by atoms with Crippen LogP contribution in [0.25, 0.3) is 0 Å². The van der Waals surface area contributed by atoms with Crippen molar-refractivity contribution in [1.29, 1.82) is 0 Å². The third kappa shape index (κ3) is 2.97. The highest BCUT2D eigenvalue weighted by molar-refractivity contribution is 5.94. The first-order chi connectivity index (χ1) is 13.3. The molecule has 6 nitrogen and oxygen atoms in total. The van der Waals surface area contributed by atoms with Gasteiger partial charge in [-0.3, -0.25) is 4.79 Å². The van der Waals surface area contributed by atoms with Gasteiger partial charge in [0.2, 0.25) is 0 Å². The van der Waals surface area contributed by atoms with E-state index in [1.54, 1.807) is 0 Å². The normalized spacial score (nSPS) is 21.6. The second-order valence-electron chi connectivity index (χ2n) is 7.55. The Balaban J connectivity index is 1.43. The van der Waals surface area contributed by atoms with Crippen LogP contribution in [-0.2, 0) is 12.8 Å². The summed E-state index contributed by atoms with van der Waals surface area (Å²) < 4.78 is 16.9. The fourth-order valence-electron chi connectivity index (χ4n) is 4.49. The van der Waals surface area contributed by atoms with Gasteiger partial charge in [-0.05, 0) is 49.8 Å². The standard InChI is InChI=1S/C21H24N2O4/c24-21(20-15-5-2-1-3-7-17(15)27-22-20)23-10-4-6-16(23)14-8-9-18-19(13-14)26-12-11-25-18/h8-9,13,16H,1-7,10-12H2. The molecule has 2 aliphatic heterocycles. The van der Waals surface area contributed by atoms with E-state index in [2.05, 4.69) is 5.16 Å². The molecule has 1 amide bonds. The lowest BCUT2D eigenvalue weighted by atomic mass is 10.0. The number of hydrogen-bond acceptors (Lipinski definition) is 5. The molecule has 27 heavy (non-hydrogen) atoms. The number of hydrogen-bond donors (Lipinski definition) is 0. The van der Waals surface area contributed by atoms with E-state index in [0.29, 0.717) is 18.9 Å². The number of benzene rings is 1. The molecule has 1 aromatic carbocycles. The van der Waals surface area contributed by atoms with Crippen LogP contribution in [0.3, 0.4) is 0 Å². The molecule has 1 saturated heterocycles. The molecule has 3 heterocycles. The maximum atomic E-state index is 13.3. The van der Waals surface area contributed by atoms with Crippen LogP contribution in [0, 0.1) is 0 Å². The van der Waals surface area contributed by atoms with Gasteiger partial charge in [-0.15, -0.1) is 0 Å². The highest BCUT2D eigenvalue weighted by atomic mass is 16.6. The molecule has 1 atom stereocenters. The Morgan fingerprint density at radius 2 is 1.89 bits per heavy atom. The van der Waals surface area contributed by atoms with Gasteiger partial charge in [-0.25, -0.2) is 0 Å². The van der Waals surface area contributed by atoms with E-state index < -0.39 is 0 Å². The Kier molecular flexibility index (Phi) is 4.26. The average Bonchev–Trinajstić information content (AvgIpc) is 3.29. The van der Waals surface area contributed by atoms with Crippen LogP contribution >= 0.6 is 0 Å². The molecule has 5 rings (SSSR count). The lowest BCUT2D eigenvalue weighted by Crippen LogP contribution is -2.31. The summed E-state index contributed by atoms with van der Waals surface area (Å²) in [5.41, 5.74) is 2.65. The Labute approximate surface area is 158 Å². The maximum Gasteiger partial charge on any atom is 0.276 e. The summed E-state index contributed by atoms with van der Waals surface area (Å²) in [7, 11) is 0. The predicted octanol–water partition coefficient (Wildman–Crippen LogP) is 3.69. The van der Waals surface area contributed by atoms with Gasteiger partial charge in [-0.2, -0.15) is 0 Å². The quantitative estimate of drug-likeness (QED) is 0.757. The molecule has 1 fully saturated rings. The van der Waals surface area contributed by atoms with Crippen molar-refractivity contribution in [2.75, 3.05) is 19.8 Å². The molecule has 6 heteroatoms. The molecule has 1 aliphatic carbocycles. The molecule has 1 unspecified atom stereocenters. The summed E-state index contributed by atoms with van der Waals surface area (Å²) in [5.74, 6) is 2.46. The minimum absolute atomic E-state index is 0.000658. The smallest absolute Gasteiger partial charge is 0.276 e. The van der Waals surface area contributed by atoms with Crippen LogP contribution in [-0.4, -0.2) is 35.7 Å². The second-order valence-corrected chi connectivity index (χ2v) is 7.55. The molecule has 0 N–H and O–H groups in total. The first-order valence-electron chi connectivity index (χ1n) is 9.99. The van der Waals surface area contributed by atoms with Crippen molar-refractivity contribution in [3.05, 3.63) is 40.8 Å². The molecule has 142 valence electrons. The Bertz CT molecular complexity index is 860. The van der Waals surface area contributed by atoms with Gasteiger partial charge >= 0.3 is 0 Å². The van der Waals surface area contributed by atoms with E-state index in [1.807, 2.05) is 23.1 Å². The van der Waals surface area contributed by atoms with Gasteiger partial charge in [0.05, 0.1) is 6.04 Å². The highest BCUT2D eigenvalue weighted by Crippen LogP contribution is 2.39. The largest absolute Gasteiger partial charge is 0.486 e. The van der Waals surface area contributed by atoms with E-state index in [-0.39, 0.29) is 11.9 Å². The average molecular weight is 368 g/mol. The van der Waals surface area contributed by atoms with E-state index >= 15 is 0 Å². The van der Waals surface area contributed by atoms with Gasteiger partial charge in [0.1, 0.15) is 19.0 Å². The topological polar surface area (TPSA) is 64.8 Å². The molecule has 0 radical (unpaired) electrons. The summed E-state index contributed by atoms with van der Waals surface area (Å²) in [6.45, 7) is 1.89. The summed E-state index contributed by atoms with van der Waals surface area (Å²) in [4.78, 5) is 15.3. The molecule has 0 saturated carbocycles. The van der Waals surface area contributed by atoms with Crippen molar-refractivity contribution in [1.82, 2.24) is 10.1 Å². The lowest BCUT2D eigenvalue weighted by molar-refractivity contribution is 0.0723. The molecular formula is C21H24N2O4. The number of aryl methyl sites for hydroxylation is 1. The molecule has 3 aliphatic rings. The van der Waals surface area contributed by atoms with Crippen molar-refractivity contribution in [3.8, 4) is 11.5 Å². The van der Waals surface area contributed by atoms with Gasteiger partial charge in [0.25, 0.3) is 5.91 Å². The predicted molar refractivity (Wildman–Crippen MR) is 98.2 cm³/mol. The first-order valence-corrected chi connectivity index (χ1v) is 9.99. The number of ether oxygens (including phenoxy) is 2. The summed E-state index contributed by atoms with van der Waals surface area (Å²) in [6.07, 6.45) is 7.11. The van der Waals surface area contributed by atoms with Crippen molar-refractivity contribution < 1.29 is 18.8 Å². The maximum absolute atomic E-state index is 13.3. The van der Waals surface area contributed by atoms with Crippen molar-refractivity contribution in [2.24, 2.45) is 0 Å². The number of likely N-dealkylation sites (tertiary alicyclic amines) is 1. The Hall–Kier alpha value is -2.50. The number of carbonyl (C=O) groups excluding carboxylic acids is 1. The minimum atomic E-state index is -0.000658. The van der Waals surface area contributed by atoms with Gasteiger partial charge in [0.15, 0.2) is 17.2 Å².